The SMILES string of the molecule is CCNC(CC)CN1CCC2C(CCCN2C)C1. The number of hydrogen-bond acceptors (Lipinski definition) is 3. The molecule has 3 atom stereocenters. The van der Waals surface area contributed by atoms with E-state index in [0.717, 1.165) is 18.5 Å². The van der Waals surface area contributed by atoms with E-state index in [4.69, 9.17) is 0 Å². The summed E-state index contributed by atoms with van der Waals surface area (Å²) in [5, 5.41) is 3.61. The van der Waals surface area contributed by atoms with E-state index in [-0.39, 0.29) is 0 Å². The fraction of sp³-hybridized carbons (Fsp3) is 1.00. The number of hydrogen-bond donors (Lipinski definition) is 1. The van der Waals surface area contributed by atoms with Crippen LogP contribution in [0.4, 0.5) is 0 Å². The third-order valence-electron chi connectivity index (χ3n) is 4.89. The average Bonchev–Trinajstić information content (AvgIpc) is 2.38. The van der Waals surface area contributed by atoms with Crippen molar-refractivity contribution in [1.29, 1.82) is 0 Å². The maximum Gasteiger partial charge on any atom is 0.0192 e. The van der Waals surface area contributed by atoms with Gasteiger partial charge in [0.15, 0.2) is 0 Å². The zero-order valence-electron chi connectivity index (χ0n) is 12.5. The van der Waals surface area contributed by atoms with Gasteiger partial charge >= 0.3 is 0 Å². The van der Waals surface area contributed by atoms with Crippen LogP contribution in [0.15, 0.2) is 0 Å². The normalized spacial score (nSPS) is 32.2. The van der Waals surface area contributed by atoms with Crippen molar-refractivity contribution in [1.82, 2.24) is 15.1 Å². The molecule has 2 aliphatic rings. The monoisotopic (exact) mass is 253 g/mol. The molecule has 1 N–H and O–H groups in total. The highest BCUT2D eigenvalue weighted by Gasteiger charge is 2.34. The Labute approximate surface area is 113 Å². The first-order valence-corrected chi connectivity index (χ1v) is 7.90. The zero-order chi connectivity index (χ0) is 13.0. The van der Waals surface area contributed by atoms with Crippen LogP contribution in [0.1, 0.15) is 39.5 Å². The van der Waals surface area contributed by atoms with Gasteiger partial charge in [-0.2, -0.15) is 0 Å². The van der Waals surface area contributed by atoms with E-state index in [1.54, 1.807) is 0 Å². The number of rotatable bonds is 5. The minimum absolute atomic E-state index is 0.688. The highest BCUT2D eigenvalue weighted by atomic mass is 15.2. The highest BCUT2D eigenvalue weighted by Crippen LogP contribution is 2.29. The summed E-state index contributed by atoms with van der Waals surface area (Å²) in [6, 6.07) is 1.56. The first kappa shape index (κ1) is 14.3. The molecule has 2 fully saturated rings. The van der Waals surface area contributed by atoms with E-state index in [1.165, 1.54) is 51.9 Å². The summed E-state index contributed by atoms with van der Waals surface area (Å²) in [5.74, 6) is 0.927. The van der Waals surface area contributed by atoms with Crippen LogP contribution in [0.3, 0.4) is 0 Å². The molecule has 2 saturated heterocycles. The van der Waals surface area contributed by atoms with Crippen molar-refractivity contribution in [2.75, 3.05) is 39.8 Å². The van der Waals surface area contributed by atoms with Gasteiger partial charge in [0.25, 0.3) is 0 Å². The lowest BCUT2D eigenvalue weighted by Gasteiger charge is -2.46. The molecule has 106 valence electrons. The Kier molecular flexibility index (Phi) is 5.46. The van der Waals surface area contributed by atoms with Gasteiger partial charge in [0.05, 0.1) is 0 Å². The summed E-state index contributed by atoms with van der Waals surface area (Å²) >= 11 is 0. The van der Waals surface area contributed by atoms with E-state index >= 15 is 0 Å². The summed E-state index contributed by atoms with van der Waals surface area (Å²) in [6.45, 7) is 10.8. The number of likely N-dealkylation sites (N-methyl/N-ethyl adjacent to an activating group) is 1. The van der Waals surface area contributed by atoms with Gasteiger partial charge < -0.3 is 15.1 Å². The van der Waals surface area contributed by atoms with E-state index in [1.807, 2.05) is 0 Å². The maximum absolute atomic E-state index is 3.61. The van der Waals surface area contributed by atoms with Crippen LogP contribution in [0.2, 0.25) is 0 Å². The molecule has 0 aromatic carbocycles. The second-order valence-corrected chi connectivity index (χ2v) is 6.16. The third-order valence-corrected chi connectivity index (χ3v) is 4.89. The molecule has 0 bridgehead atoms. The van der Waals surface area contributed by atoms with Crippen LogP contribution in [-0.2, 0) is 0 Å². The lowest BCUT2D eigenvalue weighted by molar-refractivity contribution is 0.0348. The zero-order valence-corrected chi connectivity index (χ0v) is 12.5. The summed E-state index contributed by atoms with van der Waals surface area (Å²) in [4.78, 5) is 5.31. The molecule has 0 aromatic rings. The average molecular weight is 253 g/mol. The molecule has 2 heterocycles. The van der Waals surface area contributed by atoms with Crippen LogP contribution >= 0.6 is 0 Å². The first-order chi connectivity index (χ1) is 8.74. The van der Waals surface area contributed by atoms with Gasteiger partial charge in [-0.3, -0.25) is 0 Å². The number of likely N-dealkylation sites (tertiary alicyclic amines) is 2. The van der Waals surface area contributed by atoms with Crippen molar-refractivity contribution in [2.45, 2.75) is 51.6 Å². The van der Waals surface area contributed by atoms with Crippen molar-refractivity contribution in [3.63, 3.8) is 0 Å². The standard InChI is InChI=1S/C15H31N3/c1-4-14(16-5-2)12-18-10-8-15-13(11-18)7-6-9-17(15)3/h13-16H,4-12H2,1-3H3. The number of piperidine rings is 2. The van der Waals surface area contributed by atoms with Crippen molar-refractivity contribution < 1.29 is 0 Å². The predicted octanol–water partition coefficient (Wildman–Crippen LogP) is 1.79. The Morgan fingerprint density at radius 1 is 1.22 bits per heavy atom. The van der Waals surface area contributed by atoms with Crippen LogP contribution < -0.4 is 5.32 Å². The molecule has 18 heavy (non-hydrogen) atoms. The predicted molar refractivity (Wildman–Crippen MR) is 78.0 cm³/mol. The Bertz CT molecular complexity index is 244. The summed E-state index contributed by atoms with van der Waals surface area (Å²) in [7, 11) is 2.32. The molecule has 0 spiro atoms. The van der Waals surface area contributed by atoms with Crippen LogP contribution in [0.25, 0.3) is 0 Å². The lowest BCUT2D eigenvalue weighted by atomic mass is 9.84. The van der Waals surface area contributed by atoms with Crippen molar-refractivity contribution >= 4 is 0 Å². The quantitative estimate of drug-likeness (QED) is 0.806. The molecule has 3 unspecified atom stereocenters. The Hall–Kier alpha value is -0.120. The smallest absolute Gasteiger partial charge is 0.0192 e. The number of fused-ring (bicyclic) bond motifs is 1. The summed E-state index contributed by atoms with van der Waals surface area (Å²) in [5.41, 5.74) is 0. The molecule has 0 saturated carbocycles. The Balaban J connectivity index is 1.82. The largest absolute Gasteiger partial charge is 0.313 e. The first-order valence-electron chi connectivity index (χ1n) is 7.90. The molecule has 0 amide bonds. The van der Waals surface area contributed by atoms with Gasteiger partial charge in [-0.25, -0.2) is 0 Å². The van der Waals surface area contributed by atoms with Gasteiger partial charge in [-0.1, -0.05) is 13.8 Å². The van der Waals surface area contributed by atoms with Gasteiger partial charge in [-0.05, 0) is 58.3 Å². The second kappa shape index (κ2) is 6.88. The van der Waals surface area contributed by atoms with E-state index < -0.39 is 0 Å². The molecule has 2 aliphatic heterocycles. The van der Waals surface area contributed by atoms with Crippen molar-refractivity contribution in [2.24, 2.45) is 5.92 Å². The Morgan fingerprint density at radius 3 is 2.78 bits per heavy atom. The molecule has 0 aliphatic carbocycles. The van der Waals surface area contributed by atoms with Crippen molar-refractivity contribution in [3.05, 3.63) is 0 Å². The van der Waals surface area contributed by atoms with Crippen LogP contribution in [-0.4, -0.2) is 61.7 Å². The fourth-order valence-corrected chi connectivity index (χ4v) is 3.83. The van der Waals surface area contributed by atoms with Gasteiger partial charge in [0, 0.05) is 25.2 Å². The van der Waals surface area contributed by atoms with Crippen LogP contribution in [0, 0.1) is 5.92 Å². The number of nitrogens with zero attached hydrogens (tertiary/aromatic N) is 2. The Morgan fingerprint density at radius 2 is 2.06 bits per heavy atom. The molecular weight excluding hydrogens is 222 g/mol. The third kappa shape index (κ3) is 3.46. The molecule has 3 heteroatoms. The minimum Gasteiger partial charge on any atom is -0.313 e. The maximum atomic E-state index is 3.61. The molecule has 0 aromatic heterocycles. The molecular formula is C15H31N3. The van der Waals surface area contributed by atoms with Crippen molar-refractivity contribution in [3.8, 4) is 0 Å². The minimum atomic E-state index is 0.688. The lowest BCUT2D eigenvalue weighted by Crippen LogP contribution is -2.54. The van der Waals surface area contributed by atoms with Gasteiger partial charge in [0.1, 0.15) is 0 Å². The van der Waals surface area contributed by atoms with Gasteiger partial charge in [-0.15, -0.1) is 0 Å². The van der Waals surface area contributed by atoms with E-state index in [0.29, 0.717) is 6.04 Å². The topological polar surface area (TPSA) is 18.5 Å². The second-order valence-electron chi connectivity index (χ2n) is 6.16. The summed E-state index contributed by atoms with van der Waals surface area (Å²) < 4.78 is 0. The summed E-state index contributed by atoms with van der Waals surface area (Å²) in [6.07, 6.45) is 5.47. The fourth-order valence-electron chi connectivity index (χ4n) is 3.83. The van der Waals surface area contributed by atoms with Gasteiger partial charge in [0.2, 0.25) is 0 Å². The van der Waals surface area contributed by atoms with Crippen LogP contribution in [0.5, 0.6) is 0 Å². The van der Waals surface area contributed by atoms with E-state index in [9.17, 15) is 0 Å². The number of nitrogens with one attached hydrogen (secondary N) is 1. The highest BCUT2D eigenvalue weighted by molar-refractivity contribution is 4.90. The molecule has 2 rings (SSSR count). The van der Waals surface area contributed by atoms with E-state index in [2.05, 4.69) is 36.0 Å². The molecule has 0 radical (unpaired) electrons. The molecule has 3 nitrogen and oxygen atoms in total.